The normalized spacial score (nSPS) is 12.7. The quantitative estimate of drug-likeness (QED) is 0.608. The molecule has 0 unspecified atom stereocenters. The molecular weight excluding hydrogens is 202 g/mol. The van der Waals surface area contributed by atoms with Crippen molar-refractivity contribution in [1.82, 2.24) is 14.9 Å². The number of nitrogens with one attached hydrogen (secondary N) is 1. The second-order valence-electron chi connectivity index (χ2n) is 4.63. The Hall–Kier alpha value is -1.65. The molecule has 0 aliphatic carbocycles. The molecule has 1 aromatic rings. The van der Waals surface area contributed by atoms with Gasteiger partial charge in [0.15, 0.2) is 11.7 Å². The molecule has 0 radical (unpaired) electrons. The summed E-state index contributed by atoms with van der Waals surface area (Å²) in [6.45, 7) is 9.76. The molecular formula is C11H19N5. The van der Waals surface area contributed by atoms with Crippen molar-refractivity contribution in [3.8, 4) is 0 Å². The van der Waals surface area contributed by atoms with Crippen LogP contribution in [0.5, 0.6) is 0 Å². The molecule has 1 N–H and O–H groups in total. The molecule has 0 saturated carbocycles. The lowest BCUT2D eigenvalue weighted by atomic mass is 10.1. The minimum absolute atomic E-state index is 0.0647. The van der Waals surface area contributed by atoms with Gasteiger partial charge in [0.05, 0.1) is 6.33 Å². The minimum atomic E-state index is -0.0647. The molecule has 0 atom stereocenters. The Bertz CT molecular complexity index is 408. The molecule has 0 aliphatic rings. The highest BCUT2D eigenvalue weighted by atomic mass is 15.1. The van der Waals surface area contributed by atoms with E-state index in [0.29, 0.717) is 0 Å². The molecule has 88 valence electrons. The lowest BCUT2D eigenvalue weighted by Gasteiger charge is -2.22. The average Bonchev–Trinajstić information content (AvgIpc) is 2.54. The molecule has 0 amide bonds. The van der Waals surface area contributed by atoms with E-state index in [1.165, 1.54) is 0 Å². The van der Waals surface area contributed by atoms with Crippen molar-refractivity contribution in [3.63, 3.8) is 0 Å². The number of hydrogen-bond donors (Lipinski definition) is 1. The number of aryl methyl sites for hydroxylation is 1. The monoisotopic (exact) mass is 221 g/mol. The number of nitrogens with zero attached hydrogens (tertiary/aromatic N) is 4. The highest BCUT2D eigenvalue weighted by Crippen LogP contribution is 2.17. The molecule has 1 aromatic heterocycles. The first kappa shape index (κ1) is 12.4. The Morgan fingerprint density at radius 2 is 2.12 bits per heavy atom. The van der Waals surface area contributed by atoms with Gasteiger partial charge in [-0.25, -0.2) is 9.98 Å². The number of imidazole rings is 1. The molecule has 1 heterocycles. The maximum atomic E-state index is 4.28. The van der Waals surface area contributed by atoms with Crippen LogP contribution in [0, 0.1) is 0 Å². The fourth-order valence-electron chi connectivity index (χ4n) is 1.35. The van der Waals surface area contributed by atoms with E-state index in [9.17, 15) is 0 Å². The summed E-state index contributed by atoms with van der Waals surface area (Å²) in [6, 6.07) is 0. The molecule has 5 heteroatoms. The third-order valence-corrected chi connectivity index (χ3v) is 2.00. The third-order valence-electron chi connectivity index (χ3n) is 2.00. The van der Waals surface area contributed by atoms with Crippen molar-refractivity contribution >= 4 is 18.4 Å². The second kappa shape index (κ2) is 4.47. The molecule has 1 rings (SSSR count). The van der Waals surface area contributed by atoms with Crippen LogP contribution < -0.4 is 5.32 Å². The topological polar surface area (TPSA) is 54.6 Å². The Labute approximate surface area is 96.3 Å². The molecule has 0 aliphatic heterocycles. The number of aliphatic imine (C=N–C) groups is 2. The van der Waals surface area contributed by atoms with E-state index >= 15 is 0 Å². The molecule has 0 bridgehead atoms. The average molecular weight is 221 g/mol. The number of hydrogen-bond acceptors (Lipinski definition) is 3. The predicted molar refractivity (Wildman–Crippen MR) is 67.8 cm³/mol. The highest BCUT2D eigenvalue weighted by molar-refractivity contribution is 6.01. The SMILES string of the molecule is C=Nc1c(/C(=N\C)NC(C)(C)C)ncn1C. The molecule has 5 nitrogen and oxygen atoms in total. The Morgan fingerprint density at radius 1 is 1.50 bits per heavy atom. The first-order valence-corrected chi connectivity index (χ1v) is 5.12. The highest BCUT2D eigenvalue weighted by Gasteiger charge is 2.18. The van der Waals surface area contributed by atoms with Crippen LogP contribution in [0.4, 0.5) is 5.82 Å². The van der Waals surface area contributed by atoms with Gasteiger partial charge in [-0.3, -0.25) is 4.99 Å². The fraction of sp³-hybridized carbons (Fsp3) is 0.545. The van der Waals surface area contributed by atoms with Crippen molar-refractivity contribution in [2.75, 3.05) is 7.05 Å². The van der Waals surface area contributed by atoms with Gasteiger partial charge >= 0.3 is 0 Å². The van der Waals surface area contributed by atoms with Gasteiger partial charge in [0.1, 0.15) is 5.69 Å². The summed E-state index contributed by atoms with van der Waals surface area (Å²) in [5, 5.41) is 3.30. The van der Waals surface area contributed by atoms with Crippen LogP contribution >= 0.6 is 0 Å². The Kier molecular flexibility index (Phi) is 3.47. The number of aromatic nitrogens is 2. The van der Waals surface area contributed by atoms with Crippen molar-refractivity contribution in [2.45, 2.75) is 26.3 Å². The fourth-order valence-corrected chi connectivity index (χ4v) is 1.35. The van der Waals surface area contributed by atoms with Gasteiger partial charge in [0.2, 0.25) is 0 Å². The first-order valence-electron chi connectivity index (χ1n) is 5.12. The molecule has 0 fully saturated rings. The van der Waals surface area contributed by atoms with Crippen LogP contribution in [0.1, 0.15) is 26.5 Å². The van der Waals surface area contributed by atoms with Crippen LogP contribution in [0.25, 0.3) is 0 Å². The molecule has 16 heavy (non-hydrogen) atoms. The Morgan fingerprint density at radius 3 is 2.56 bits per heavy atom. The van der Waals surface area contributed by atoms with E-state index in [0.717, 1.165) is 17.3 Å². The first-order chi connectivity index (χ1) is 7.39. The van der Waals surface area contributed by atoms with Crippen molar-refractivity contribution < 1.29 is 0 Å². The van der Waals surface area contributed by atoms with Gasteiger partial charge in [-0.05, 0) is 27.5 Å². The molecule has 0 saturated heterocycles. The van der Waals surface area contributed by atoms with Crippen molar-refractivity contribution in [3.05, 3.63) is 12.0 Å². The van der Waals surface area contributed by atoms with E-state index in [1.807, 2.05) is 11.6 Å². The summed E-state index contributed by atoms with van der Waals surface area (Å²) in [5.74, 6) is 1.45. The van der Waals surface area contributed by atoms with Crippen LogP contribution in [0.15, 0.2) is 16.3 Å². The molecule has 0 spiro atoms. The summed E-state index contributed by atoms with van der Waals surface area (Å²) in [7, 11) is 3.61. The van der Waals surface area contributed by atoms with E-state index in [1.54, 1.807) is 13.4 Å². The van der Waals surface area contributed by atoms with Crippen molar-refractivity contribution in [2.24, 2.45) is 17.0 Å². The zero-order valence-corrected chi connectivity index (χ0v) is 10.6. The maximum Gasteiger partial charge on any atom is 0.162 e. The van der Waals surface area contributed by atoms with Gasteiger partial charge in [-0.15, -0.1) is 0 Å². The summed E-state index contributed by atoms with van der Waals surface area (Å²) >= 11 is 0. The summed E-state index contributed by atoms with van der Waals surface area (Å²) in [6.07, 6.45) is 1.70. The van der Waals surface area contributed by atoms with Crippen LogP contribution in [-0.4, -0.2) is 34.7 Å². The number of rotatable bonds is 2. The van der Waals surface area contributed by atoms with E-state index in [2.05, 4.69) is 47.8 Å². The van der Waals surface area contributed by atoms with E-state index in [4.69, 9.17) is 0 Å². The van der Waals surface area contributed by atoms with Gasteiger partial charge in [0, 0.05) is 19.6 Å². The third kappa shape index (κ3) is 2.68. The zero-order valence-electron chi connectivity index (χ0n) is 10.6. The van der Waals surface area contributed by atoms with Crippen molar-refractivity contribution in [1.29, 1.82) is 0 Å². The van der Waals surface area contributed by atoms with Gasteiger partial charge < -0.3 is 9.88 Å². The van der Waals surface area contributed by atoms with E-state index < -0.39 is 0 Å². The van der Waals surface area contributed by atoms with Crippen LogP contribution in [0.3, 0.4) is 0 Å². The van der Waals surface area contributed by atoms with Gasteiger partial charge in [-0.1, -0.05) is 0 Å². The lowest BCUT2D eigenvalue weighted by molar-refractivity contribution is 0.511. The van der Waals surface area contributed by atoms with E-state index in [-0.39, 0.29) is 5.54 Å². The zero-order chi connectivity index (χ0) is 12.3. The standard InChI is InChI=1S/C11H19N5/c1-11(2,3)15-9(12-4)8-10(13-5)16(6)7-14-8/h7H,5H2,1-4,6H3,(H,12,15). The van der Waals surface area contributed by atoms with Crippen LogP contribution in [0.2, 0.25) is 0 Å². The number of amidine groups is 1. The Balaban J connectivity index is 3.10. The minimum Gasteiger partial charge on any atom is -0.364 e. The maximum absolute atomic E-state index is 4.28. The van der Waals surface area contributed by atoms with Gasteiger partial charge in [0.25, 0.3) is 0 Å². The lowest BCUT2D eigenvalue weighted by Crippen LogP contribution is -2.41. The molecule has 0 aromatic carbocycles. The van der Waals surface area contributed by atoms with Gasteiger partial charge in [-0.2, -0.15) is 0 Å². The van der Waals surface area contributed by atoms with Crippen LogP contribution in [-0.2, 0) is 7.05 Å². The second-order valence-corrected chi connectivity index (χ2v) is 4.63. The largest absolute Gasteiger partial charge is 0.364 e. The smallest absolute Gasteiger partial charge is 0.162 e. The summed E-state index contributed by atoms with van der Waals surface area (Å²) < 4.78 is 1.82. The summed E-state index contributed by atoms with van der Waals surface area (Å²) in [4.78, 5) is 12.4. The predicted octanol–water partition coefficient (Wildman–Crippen LogP) is 1.52. The summed E-state index contributed by atoms with van der Waals surface area (Å²) in [5.41, 5.74) is 0.667.